The van der Waals surface area contributed by atoms with E-state index in [4.69, 9.17) is 16.3 Å². The van der Waals surface area contributed by atoms with Gasteiger partial charge < -0.3 is 15.0 Å². The van der Waals surface area contributed by atoms with Crippen molar-refractivity contribution >= 4 is 17.3 Å². The number of rotatable bonds is 8. The van der Waals surface area contributed by atoms with E-state index in [1.165, 1.54) is 6.42 Å². The lowest BCUT2D eigenvalue weighted by molar-refractivity contribution is 0.396. The maximum atomic E-state index is 5.93. The van der Waals surface area contributed by atoms with Crippen molar-refractivity contribution in [3.8, 4) is 11.5 Å². The first-order chi connectivity index (χ1) is 10.6. The fourth-order valence-corrected chi connectivity index (χ4v) is 2.23. The molecule has 0 saturated carbocycles. The number of nitrogens with one attached hydrogen (secondary N) is 1. The highest BCUT2D eigenvalue weighted by Crippen LogP contribution is 2.29. The van der Waals surface area contributed by atoms with Crippen molar-refractivity contribution in [2.24, 2.45) is 0 Å². The molecule has 22 heavy (non-hydrogen) atoms. The highest BCUT2D eigenvalue weighted by Gasteiger charge is 2.04. The van der Waals surface area contributed by atoms with Gasteiger partial charge in [-0.25, -0.2) is 0 Å². The fourth-order valence-electron chi connectivity index (χ4n) is 2.11. The van der Waals surface area contributed by atoms with Crippen LogP contribution in [0.2, 0.25) is 5.02 Å². The molecule has 0 aliphatic rings. The minimum absolute atomic E-state index is 0.708. The lowest BCUT2D eigenvalue weighted by Crippen LogP contribution is -2.14. The standard InChI is InChI=1S/C18H23ClN2O/c1-21(2)14-6-5-13-20-17-7-3-4-8-18(17)22-16-11-9-15(19)10-12-16/h3-4,7-12,20H,5-6,13-14H2,1-2H3. The van der Waals surface area contributed by atoms with Crippen LogP contribution in [0.1, 0.15) is 12.8 Å². The molecule has 0 radical (unpaired) electrons. The summed E-state index contributed by atoms with van der Waals surface area (Å²) in [7, 11) is 4.20. The molecule has 0 aliphatic carbocycles. The summed E-state index contributed by atoms with van der Waals surface area (Å²) in [5, 5.41) is 4.16. The van der Waals surface area contributed by atoms with Gasteiger partial charge in [-0.2, -0.15) is 0 Å². The molecule has 0 aromatic heterocycles. The molecule has 0 fully saturated rings. The molecule has 4 heteroatoms. The minimum Gasteiger partial charge on any atom is -0.455 e. The van der Waals surface area contributed by atoms with E-state index >= 15 is 0 Å². The second kappa shape index (κ2) is 8.66. The largest absolute Gasteiger partial charge is 0.455 e. The first-order valence-electron chi connectivity index (χ1n) is 7.56. The first-order valence-corrected chi connectivity index (χ1v) is 7.94. The third kappa shape index (κ3) is 5.58. The number of anilines is 1. The summed E-state index contributed by atoms with van der Waals surface area (Å²) in [5.41, 5.74) is 1.02. The van der Waals surface area contributed by atoms with Crippen molar-refractivity contribution in [2.45, 2.75) is 12.8 Å². The van der Waals surface area contributed by atoms with E-state index in [0.29, 0.717) is 5.02 Å². The molecule has 0 saturated heterocycles. The van der Waals surface area contributed by atoms with Crippen LogP contribution in [0.25, 0.3) is 0 Å². The van der Waals surface area contributed by atoms with Gasteiger partial charge in [-0.15, -0.1) is 0 Å². The van der Waals surface area contributed by atoms with E-state index in [-0.39, 0.29) is 0 Å². The summed E-state index contributed by atoms with van der Waals surface area (Å²) >= 11 is 5.90. The van der Waals surface area contributed by atoms with Gasteiger partial charge in [0.05, 0.1) is 5.69 Å². The monoisotopic (exact) mass is 318 g/mol. The smallest absolute Gasteiger partial charge is 0.150 e. The lowest BCUT2D eigenvalue weighted by Gasteiger charge is -2.14. The normalized spacial score (nSPS) is 10.7. The molecule has 0 spiro atoms. The Labute approximate surface area is 137 Å². The fraction of sp³-hybridized carbons (Fsp3) is 0.333. The zero-order valence-electron chi connectivity index (χ0n) is 13.2. The zero-order valence-corrected chi connectivity index (χ0v) is 13.9. The van der Waals surface area contributed by atoms with Crippen LogP contribution in [0.5, 0.6) is 11.5 Å². The Morgan fingerprint density at radius 2 is 1.73 bits per heavy atom. The third-order valence-electron chi connectivity index (χ3n) is 3.28. The molecular formula is C18H23ClN2O. The molecule has 1 N–H and O–H groups in total. The molecule has 0 heterocycles. The Balaban J connectivity index is 1.90. The molecular weight excluding hydrogens is 296 g/mol. The highest BCUT2D eigenvalue weighted by molar-refractivity contribution is 6.30. The van der Waals surface area contributed by atoms with E-state index in [2.05, 4.69) is 24.3 Å². The van der Waals surface area contributed by atoms with E-state index in [0.717, 1.165) is 36.7 Å². The number of para-hydroxylation sites is 2. The average Bonchev–Trinajstić information content (AvgIpc) is 2.50. The second-order valence-corrected chi connectivity index (χ2v) is 5.93. The first kappa shape index (κ1) is 16.7. The van der Waals surface area contributed by atoms with Crippen molar-refractivity contribution in [3.63, 3.8) is 0 Å². The van der Waals surface area contributed by atoms with Gasteiger partial charge >= 0.3 is 0 Å². The van der Waals surface area contributed by atoms with Crippen LogP contribution in [0.4, 0.5) is 5.69 Å². The quantitative estimate of drug-likeness (QED) is 0.702. The van der Waals surface area contributed by atoms with Crippen LogP contribution < -0.4 is 10.1 Å². The van der Waals surface area contributed by atoms with Gasteiger partial charge in [0.15, 0.2) is 5.75 Å². The summed E-state index contributed by atoms with van der Waals surface area (Å²) in [6, 6.07) is 15.4. The summed E-state index contributed by atoms with van der Waals surface area (Å²) in [6.45, 7) is 2.05. The molecule has 2 rings (SSSR count). The number of hydrogen-bond acceptors (Lipinski definition) is 3. The molecule has 0 unspecified atom stereocenters. The zero-order chi connectivity index (χ0) is 15.8. The van der Waals surface area contributed by atoms with Crippen LogP contribution in [0.15, 0.2) is 48.5 Å². The van der Waals surface area contributed by atoms with Gasteiger partial charge in [0.25, 0.3) is 0 Å². The summed E-state index contributed by atoms with van der Waals surface area (Å²) in [6.07, 6.45) is 2.31. The van der Waals surface area contributed by atoms with Crippen LogP contribution in [0, 0.1) is 0 Å². The maximum absolute atomic E-state index is 5.93. The molecule has 3 nitrogen and oxygen atoms in total. The molecule has 0 bridgehead atoms. The highest BCUT2D eigenvalue weighted by atomic mass is 35.5. The summed E-state index contributed by atoms with van der Waals surface area (Å²) in [5.74, 6) is 1.61. The Morgan fingerprint density at radius 3 is 2.45 bits per heavy atom. The van der Waals surface area contributed by atoms with Crippen molar-refractivity contribution < 1.29 is 4.74 Å². The van der Waals surface area contributed by atoms with Crippen molar-refractivity contribution in [3.05, 3.63) is 53.6 Å². The number of benzene rings is 2. The maximum Gasteiger partial charge on any atom is 0.150 e. The molecule has 2 aromatic carbocycles. The minimum atomic E-state index is 0.708. The SMILES string of the molecule is CN(C)CCCCNc1ccccc1Oc1ccc(Cl)cc1. The third-order valence-corrected chi connectivity index (χ3v) is 3.53. The summed E-state index contributed by atoms with van der Waals surface area (Å²) < 4.78 is 5.93. The van der Waals surface area contributed by atoms with Gasteiger partial charge in [-0.3, -0.25) is 0 Å². The number of hydrogen-bond donors (Lipinski definition) is 1. The van der Waals surface area contributed by atoms with Crippen LogP contribution >= 0.6 is 11.6 Å². The molecule has 0 atom stereocenters. The molecule has 0 aliphatic heterocycles. The van der Waals surface area contributed by atoms with Crippen LogP contribution in [-0.2, 0) is 0 Å². The predicted octanol–water partition coefficient (Wildman–Crippen LogP) is 4.89. The van der Waals surface area contributed by atoms with Crippen LogP contribution in [0.3, 0.4) is 0 Å². The average molecular weight is 319 g/mol. The van der Waals surface area contributed by atoms with Gasteiger partial charge in [0.1, 0.15) is 5.75 Å². The molecule has 2 aromatic rings. The second-order valence-electron chi connectivity index (χ2n) is 5.49. The number of nitrogens with zero attached hydrogens (tertiary/aromatic N) is 1. The molecule has 118 valence electrons. The Hall–Kier alpha value is -1.71. The Kier molecular flexibility index (Phi) is 6.56. The number of unbranched alkanes of at least 4 members (excludes halogenated alkanes) is 1. The van der Waals surface area contributed by atoms with Gasteiger partial charge in [0.2, 0.25) is 0 Å². The number of halogens is 1. The number of ether oxygens (including phenoxy) is 1. The predicted molar refractivity (Wildman–Crippen MR) is 94.2 cm³/mol. The van der Waals surface area contributed by atoms with Crippen molar-refractivity contribution in [2.75, 3.05) is 32.5 Å². The van der Waals surface area contributed by atoms with Crippen molar-refractivity contribution in [1.82, 2.24) is 4.90 Å². The molecule has 0 amide bonds. The summed E-state index contributed by atoms with van der Waals surface area (Å²) in [4.78, 5) is 2.21. The Bertz CT molecular complexity index is 570. The van der Waals surface area contributed by atoms with Gasteiger partial charge in [-0.05, 0) is 69.9 Å². The van der Waals surface area contributed by atoms with Crippen LogP contribution in [-0.4, -0.2) is 32.1 Å². The van der Waals surface area contributed by atoms with E-state index in [1.807, 2.05) is 48.5 Å². The van der Waals surface area contributed by atoms with E-state index < -0.39 is 0 Å². The van der Waals surface area contributed by atoms with Crippen molar-refractivity contribution in [1.29, 1.82) is 0 Å². The Morgan fingerprint density at radius 1 is 1.00 bits per heavy atom. The lowest BCUT2D eigenvalue weighted by atomic mass is 10.2. The topological polar surface area (TPSA) is 24.5 Å². The van der Waals surface area contributed by atoms with Gasteiger partial charge in [0, 0.05) is 11.6 Å². The van der Waals surface area contributed by atoms with E-state index in [1.54, 1.807) is 0 Å². The van der Waals surface area contributed by atoms with Gasteiger partial charge in [-0.1, -0.05) is 23.7 Å². The van der Waals surface area contributed by atoms with E-state index in [9.17, 15) is 0 Å².